The van der Waals surface area contributed by atoms with Gasteiger partial charge < -0.3 is 9.64 Å². The minimum absolute atomic E-state index is 0.222. The molecule has 0 saturated carbocycles. The first-order valence-electron chi connectivity index (χ1n) is 7.00. The van der Waals surface area contributed by atoms with Gasteiger partial charge in [-0.2, -0.15) is 0 Å². The summed E-state index contributed by atoms with van der Waals surface area (Å²) in [6.07, 6.45) is 2.07. The lowest BCUT2D eigenvalue weighted by atomic mass is 10.0. The van der Waals surface area contributed by atoms with Gasteiger partial charge in [0.2, 0.25) is 0 Å². The topological polar surface area (TPSA) is 80.8 Å². The SMILES string of the molecule is COC(=O)c1ccccc1C(=O)N1CCC(S(C)(=O)=O)CC1. The number of carbonyl (C=O) groups excluding carboxylic acids is 2. The molecule has 0 N–H and O–H groups in total. The Morgan fingerprint density at radius 1 is 1.14 bits per heavy atom. The number of rotatable bonds is 3. The summed E-state index contributed by atoms with van der Waals surface area (Å²) < 4.78 is 27.8. The zero-order chi connectivity index (χ0) is 16.3. The van der Waals surface area contributed by atoms with E-state index in [2.05, 4.69) is 4.74 Å². The van der Waals surface area contributed by atoms with Crippen molar-refractivity contribution in [2.75, 3.05) is 26.5 Å². The van der Waals surface area contributed by atoms with Gasteiger partial charge in [0.1, 0.15) is 9.84 Å². The summed E-state index contributed by atoms with van der Waals surface area (Å²) in [5, 5.41) is -0.396. The summed E-state index contributed by atoms with van der Waals surface area (Å²) in [5.41, 5.74) is 0.507. The van der Waals surface area contributed by atoms with Crippen molar-refractivity contribution in [2.24, 2.45) is 0 Å². The second-order valence-corrected chi connectivity index (χ2v) is 7.68. The Hall–Kier alpha value is -1.89. The molecule has 0 unspecified atom stereocenters. The van der Waals surface area contributed by atoms with Crippen LogP contribution < -0.4 is 0 Å². The maximum Gasteiger partial charge on any atom is 0.338 e. The average Bonchev–Trinajstić information content (AvgIpc) is 2.52. The highest BCUT2D eigenvalue weighted by Crippen LogP contribution is 2.20. The first-order chi connectivity index (χ1) is 10.3. The number of likely N-dealkylation sites (tertiary alicyclic amines) is 1. The Kier molecular flexibility index (Phi) is 4.85. The molecule has 0 bridgehead atoms. The second kappa shape index (κ2) is 6.48. The molecule has 1 aliphatic heterocycles. The molecule has 0 radical (unpaired) electrons. The van der Waals surface area contributed by atoms with Crippen LogP contribution in [0.15, 0.2) is 24.3 Å². The number of hydrogen-bond donors (Lipinski definition) is 0. The molecule has 0 spiro atoms. The molecule has 0 atom stereocenters. The minimum Gasteiger partial charge on any atom is -0.465 e. The molecule has 6 nitrogen and oxygen atoms in total. The van der Waals surface area contributed by atoms with Gasteiger partial charge in [0.25, 0.3) is 5.91 Å². The van der Waals surface area contributed by atoms with Crippen LogP contribution in [0.4, 0.5) is 0 Å². The zero-order valence-corrected chi connectivity index (χ0v) is 13.4. The Morgan fingerprint density at radius 2 is 1.68 bits per heavy atom. The fourth-order valence-electron chi connectivity index (χ4n) is 2.61. The third kappa shape index (κ3) is 3.47. The van der Waals surface area contributed by atoms with Crippen molar-refractivity contribution in [3.05, 3.63) is 35.4 Å². The molecule has 1 saturated heterocycles. The van der Waals surface area contributed by atoms with Gasteiger partial charge in [-0.1, -0.05) is 12.1 Å². The van der Waals surface area contributed by atoms with Crippen LogP contribution in [-0.2, 0) is 14.6 Å². The van der Waals surface area contributed by atoms with Crippen LogP contribution in [0.3, 0.4) is 0 Å². The lowest BCUT2D eigenvalue weighted by molar-refractivity contribution is 0.0588. The molecule has 120 valence electrons. The molecule has 2 rings (SSSR count). The Balaban J connectivity index is 2.16. The maximum absolute atomic E-state index is 12.6. The zero-order valence-electron chi connectivity index (χ0n) is 12.6. The number of nitrogens with zero attached hydrogens (tertiary/aromatic N) is 1. The monoisotopic (exact) mass is 325 g/mol. The van der Waals surface area contributed by atoms with Crippen molar-refractivity contribution in [2.45, 2.75) is 18.1 Å². The molecule has 1 aromatic carbocycles. The van der Waals surface area contributed by atoms with E-state index >= 15 is 0 Å². The van der Waals surface area contributed by atoms with Gasteiger partial charge in [0.05, 0.1) is 23.5 Å². The highest BCUT2D eigenvalue weighted by atomic mass is 32.2. The molecule has 1 aliphatic rings. The van der Waals surface area contributed by atoms with Crippen molar-refractivity contribution in [3.63, 3.8) is 0 Å². The summed E-state index contributed by atoms with van der Waals surface area (Å²) in [6, 6.07) is 6.47. The summed E-state index contributed by atoms with van der Waals surface area (Å²) in [7, 11) is -1.81. The molecule has 1 heterocycles. The maximum atomic E-state index is 12.6. The van der Waals surface area contributed by atoms with Crippen LogP contribution in [0, 0.1) is 0 Å². The van der Waals surface area contributed by atoms with Crippen LogP contribution in [-0.4, -0.2) is 56.9 Å². The largest absolute Gasteiger partial charge is 0.465 e. The van der Waals surface area contributed by atoms with E-state index in [-0.39, 0.29) is 17.0 Å². The molecular formula is C15H19NO5S. The summed E-state index contributed by atoms with van der Waals surface area (Å²) >= 11 is 0. The van der Waals surface area contributed by atoms with Gasteiger partial charge in [-0.25, -0.2) is 13.2 Å². The van der Waals surface area contributed by atoms with E-state index in [0.29, 0.717) is 25.9 Å². The molecular weight excluding hydrogens is 306 g/mol. The Morgan fingerprint density at radius 3 is 2.18 bits per heavy atom. The van der Waals surface area contributed by atoms with E-state index < -0.39 is 21.1 Å². The number of ether oxygens (including phenoxy) is 1. The van der Waals surface area contributed by atoms with Crippen molar-refractivity contribution in [3.8, 4) is 0 Å². The predicted molar refractivity (Wildman–Crippen MR) is 81.6 cm³/mol. The molecule has 1 aromatic rings. The molecule has 0 aromatic heterocycles. The summed E-state index contributed by atoms with van der Waals surface area (Å²) in [6.45, 7) is 0.734. The van der Waals surface area contributed by atoms with Gasteiger partial charge >= 0.3 is 5.97 Å². The normalized spacial score (nSPS) is 16.4. The Labute approximate surface area is 130 Å². The van der Waals surface area contributed by atoms with Crippen LogP contribution in [0.1, 0.15) is 33.6 Å². The first kappa shape index (κ1) is 16.5. The third-order valence-electron chi connectivity index (χ3n) is 3.90. The van der Waals surface area contributed by atoms with Crippen molar-refractivity contribution in [1.82, 2.24) is 4.90 Å². The van der Waals surface area contributed by atoms with Gasteiger partial charge in [0.15, 0.2) is 0 Å². The van der Waals surface area contributed by atoms with E-state index in [1.165, 1.54) is 13.4 Å². The predicted octanol–water partition coefficient (Wildman–Crippen LogP) is 1.12. The first-order valence-corrected chi connectivity index (χ1v) is 8.95. The molecule has 1 amide bonds. The van der Waals surface area contributed by atoms with Crippen LogP contribution >= 0.6 is 0 Å². The lowest BCUT2D eigenvalue weighted by Crippen LogP contribution is -2.42. The van der Waals surface area contributed by atoms with E-state index in [9.17, 15) is 18.0 Å². The number of sulfone groups is 1. The standard InChI is InChI=1S/C15H19NO5S/c1-21-15(18)13-6-4-3-5-12(13)14(17)16-9-7-11(8-10-16)22(2,19)20/h3-6,11H,7-10H2,1-2H3. The van der Waals surface area contributed by atoms with Gasteiger partial charge in [0, 0.05) is 19.3 Å². The van der Waals surface area contributed by atoms with Crippen LogP contribution in [0.5, 0.6) is 0 Å². The number of methoxy groups -OCH3 is 1. The van der Waals surface area contributed by atoms with Crippen LogP contribution in [0.25, 0.3) is 0 Å². The highest BCUT2D eigenvalue weighted by Gasteiger charge is 2.30. The number of amides is 1. The second-order valence-electron chi connectivity index (χ2n) is 5.36. The quantitative estimate of drug-likeness (QED) is 0.778. The van der Waals surface area contributed by atoms with E-state index in [4.69, 9.17) is 0 Å². The van der Waals surface area contributed by atoms with Gasteiger partial charge in [-0.3, -0.25) is 4.79 Å². The summed E-state index contributed by atoms with van der Waals surface area (Å²) in [5.74, 6) is -0.831. The van der Waals surface area contributed by atoms with Crippen molar-refractivity contribution >= 4 is 21.7 Å². The average molecular weight is 325 g/mol. The number of hydrogen-bond acceptors (Lipinski definition) is 5. The number of carbonyl (C=O) groups is 2. The molecule has 22 heavy (non-hydrogen) atoms. The van der Waals surface area contributed by atoms with Gasteiger partial charge in [-0.05, 0) is 25.0 Å². The Bertz CT molecular complexity index is 675. The smallest absolute Gasteiger partial charge is 0.338 e. The highest BCUT2D eigenvalue weighted by molar-refractivity contribution is 7.91. The summed E-state index contributed by atoms with van der Waals surface area (Å²) in [4.78, 5) is 25.9. The van der Waals surface area contributed by atoms with Gasteiger partial charge in [-0.15, -0.1) is 0 Å². The number of esters is 1. The lowest BCUT2D eigenvalue weighted by Gasteiger charge is -2.31. The molecule has 1 fully saturated rings. The van der Waals surface area contributed by atoms with Crippen molar-refractivity contribution in [1.29, 1.82) is 0 Å². The fraction of sp³-hybridized carbons (Fsp3) is 0.467. The third-order valence-corrected chi connectivity index (χ3v) is 5.58. The van der Waals surface area contributed by atoms with Crippen LogP contribution in [0.2, 0.25) is 0 Å². The molecule has 0 aliphatic carbocycles. The van der Waals surface area contributed by atoms with E-state index in [1.807, 2.05) is 0 Å². The van der Waals surface area contributed by atoms with E-state index in [0.717, 1.165) is 0 Å². The van der Waals surface area contributed by atoms with E-state index in [1.54, 1.807) is 29.2 Å². The number of piperidine rings is 1. The fourth-order valence-corrected chi connectivity index (χ4v) is 3.68. The molecule has 7 heteroatoms. The van der Waals surface area contributed by atoms with Crippen molar-refractivity contribution < 1.29 is 22.7 Å². The minimum atomic E-state index is -3.08. The number of benzene rings is 1.